The molecular formula is C14H18ClN3. The van der Waals surface area contributed by atoms with Crippen LogP contribution in [-0.4, -0.2) is 16.0 Å². The standard InChI is InChI=1S/C14H18ClN3/c1-10(2)16-8-13-9-17-14(18-13)7-11-4-3-5-12(15)6-11/h3-6,9-10,16H,7-8H2,1-2H3,(H,17,18). The third-order valence-corrected chi connectivity index (χ3v) is 2.88. The number of aromatic amines is 1. The summed E-state index contributed by atoms with van der Waals surface area (Å²) in [5.41, 5.74) is 2.28. The fourth-order valence-electron chi connectivity index (χ4n) is 1.74. The maximum Gasteiger partial charge on any atom is 0.110 e. The van der Waals surface area contributed by atoms with Gasteiger partial charge < -0.3 is 10.3 Å². The first-order chi connectivity index (χ1) is 8.63. The number of H-pyrrole nitrogens is 1. The molecule has 3 nitrogen and oxygen atoms in total. The van der Waals surface area contributed by atoms with Gasteiger partial charge in [0.1, 0.15) is 5.82 Å². The van der Waals surface area contributed by atoms with Gasteiger partial charge in [-0.3, -0.25) is 0 Å². The van der Waals surface area contributed by atoms with E-state index in [1.165, 1.54) is 5.56 Å². The second kappa shape index (κ2) is 6.03. The van der Waals surface area contributed by atoms with Gasteiger partial charge in [0.2, 0.25) is 0 Å². The van der Waals surface area contributed by atoms with Crippen LogP contribution < -0.4 is 5.32 Å². The summed E-state index contributed by atoms with van der Waals surface area (Å²) in [7, 11) is 0. The average molecular weight is 264 g/mol. The van der Waals surface area contributed by atoms with Crippen molar-refractivity contribution in [2.24, 2.45) is 0 Å². The maximum absolute atomic E-state index is 5.96. The fraction of sp³-hybridized carbons (Fsp3) is 0.357. The van der Waals surface area contributed by atoms with Gasteiger partial charge in [-0.25, -0.2) is 4.98 Å². The van der Waals surface area contributed by atoms with E-state index < -0.39 is 0 Å². The van der Waals surface area contributed by atoms with Crippen molar-refractivity contribution >= 4 is 11.6 Å². The SMILES string of the molecule is CC(C)NCc1cnc(Cc2cccc(Cl)c2)[nH]1. The molecule has 0 unspecified atom stereocenters. The van der Waals surface area contributed by atoms with Gasteiger partial charge in [-0.05, 0) is 17.7 Å². The van der Waals surface area contributed by atoms with E-state index in [-0.39, 0.29) is 0 Å². The molecule has 18 heavy (non-hydrogen) atoms. The third-order valence-electron chi connectivity index (χ3n) is 2.64. The van der Waals surface area contributed by atoms with Crippen LogP contribution in [0, 0.1) is 0 Å². The molecule has 0 aliphatic heterocycles. The zero-order valence-corrected chi connectivity index (χ0v) is 11.5. The Kier molecular flexibility index (Phi) is 4.39. The second-order valence-corrected chi connectivity index (χ2v) is 5.13. The molecule has 0 radical (unpaired) electrons. The Bertz CT molecular complexity index is 505. The normalized spacial score (nSPS) is 11.1. The van der Waals surface area contributed by atoms with Crippen LogP contribution in [0.25, 0.3) is 0 Å². The quantitative estimate of drug-likeness (QED) is 0.870. The molecule has 2 N–H and O–H groups in total. The van der Waals surface area contributed by atoms with E-state index in [1.807, 2.05) is 24.4 Å². The van der Waals surface area contributed by atoms with Crippen molar-refractivity contribution in [2.75, 3.05) is 0 Å². The van der Waals surface area contributed by atoms with Crippen LogP contribution in [0.1, 0.15) is 30.9 Å². The van der Waals surface area contributed by atoms with E-state index in [9.17, 15) is 0 Å². The monoisotopic (exact) mass is 263 g/mol. The summed E-state index contributed by atoms with van der Waals surface area (Å²) in [6.07, 6.45) is 2.66. The highest BCUT2D eigenvalue weighted by atomic mass is 35.5. The molecule has 4 heteroatoms. The van der Waals surface area contributed by atoms with Crippen LogP contribution in [0.2, 0.25) is 5.02 Å². The molecule has 0 saturated carbocycles. The summed E-state index contributed by atoms with van der Waals surface area (Å²) in [4.78, 5) is 7.70. The van der Waals surface area contributed by atoms with Crippen LogP contribution in [0.15, 0.2) is 30.5 Å². The predicted octanol–water partition coefficient (Wildman–Crippen LogP) is 3.15. The Balaban J connectivity index is 1.98. The lowest BCUT2D eigenvalue weighted by Gasteiger charge is -2.05. The first-order valence-corrected chi connectivity index (χ1v) is 6.52. The topological polar surface area (TPSA) is 40.7 Å². The van der Waals surface area contributed by atoms with Crippen molar-refractivity contribution in [3.8, 4) is 0 Å². The van der Waals surface area contributed by atoms with Crippen LogP contribution in [0.3, 0.4) is 0 Å². The lowest BCUT2D eigenvalue weighted by molar-refractivity contribution is 0.582. The molecule has 0 aliphatic carbocycles. The van der Waals surface area contributed by atoms with Gasteiger partial charge >= 0.3 is 0 Å². The zero-order chi connectivity index (χ0) is 13.0. The van der Waals surface area contributed by atoms with Gasteiger partial charge in [0.15, 0.2) is 0 Å². The molecule has 0 atom stereocenters. The number of hydrogen-bond donors (Lipinski definition) is 2. The first kappa shape index (κ1) is 13.1. The summed E-state index contributed by atoms with van der Waals surface area (Å²) in [6.45, 7) is 5.08. The van der Waals surface area contributed by atoms with Crippen molar-refractivity contribution in [1.29, 1.82) is 0 Å². The highest BCUT2D eigenvalue weighted by Gasteiger charge is 2.03. The van der Waals surface area contributed by atoms with E-state index in [2.05, 4.69) is 35.2 Å². The smallest absolute Gasteiger partial charge is 0.110 e. The minimum atomic E-state index is 0.477. The van der Waals surface area contributed by atoms with Gasteiger partial charge in [-0.15, -0.1) is 0 Å². The zero-order valence-electron chi connectivity index (χ0n) is 10.7. The summed E-state index contributed by atoms with van der Waals surface area (Å²) in [5.74, 6) is 0.970. The minimum Gasteiger partial charge on any atom is -0.345 e. The summed E-state index contributed by atoms with van der Waals surface area (Å²) in [6, 6.07) is 8.34. The van der Waals surface area contributed by atoms with E-state index in [0.717, 1.165) is 29.5 Å². The number of nitrogens with zero attached hydrogens (tertiary/aromatic N) is 1. The number of benzene rings is 1. The molecule has 1 aromatic carbocycles. The van der Waals surface area contributed by atoms with Crippen molar-refractivity contribution in [1.82, 2.24) is 15.3 Å². The Morgan fingerprint density at radius 2 is 2.22 bits per heavy atom. The molecule has 0 fully saturated rings. The Labute approximate surface area is 113 Å². The average Bonchev–Trinajstić information content (AvgIpc) is 2.74. The summed E-state index contributed by atoms with van der Waals surface area (Å²) in [5, 5.41) is 4.12. The van der Waals surface area contributed by atoms with Gasteiger partial charge in [-0.2, -0.15) is 0 Å². The highest BCUT2D eigenvalue weighted by molar-refractivity contribution is 6.30. The molecule has 2 aromatic rings. The third kappa shape index (κ3) is 3.86. The Morgan fingerprint density at radius 3 is 2.94 bits per heavy atom. The molecule has 0 aliphatic rings. The molecule has 1 heterocycles. The largest absolute Gasteiger partial charge is 0.345 e. The molecule has 0 bridgehead atoms. The number of nitrogens with one attached hydrogen (secondary N) is 2. The number of halogens is 1. The minimum absolute atomic E-state index is 0.477. The van der Waals surface area contributed by atoms with Crippen LogP contribution in [-0.2, 0) is 13.0 Å². The maximum atomic E-state index is 5.96. The number of aromatic nitrogens is 2. The molecule has 96 valence electrons. The van der Waals surface area contributed by atoms with Crippen molar-refractivity contribution < 1.29 is 0 Å². The lowest BCUT2D eigenvalue weighted by Crippen LogP contribution is -2.21. The molecular weight excluding hydrogens is 246 g/mol. The Hall–Kier alpha value is -1.32. The van der Waals surface area contributed by atoms with Gasteiger partial charge in [-0.1, -0.05) is 37.6 Å². The second-order valence-electron chi connectivity index (χ2n) is 4.70. The summed E-state index contributed by atoms with van der Waals surface area (Å²) < 4.78 is 0. The van der Waals surface area contributed by atoms with Gasteiger partial charge in [0.25, 0.3) is 0 Å². The highest BCUT2D eigenvalue weighted by Crippen LogP contribution is 2.13. The van der Waals surface area contributed by atoms with E-state index >= 15 is 0 Å². The van der Waals surface area contributed by atoms with Crippen molar-refractivity contribution in [3.63, 3.8) is 0 Å². The molecule has 2 rings (SSSR count). The number of hydrogen-bond acceptors (Lipinski definition) is 2. The van der Waals surface area contributed by atoms with Crippen LogP contribution in [0.5, 0.6) is 0 Å². The fourth-order valence-corrected chi connectivity index (χ4v) is 1.95. The first-order valence-electron chi connectivity index (χ1n) is 6.14. The molecule has 0 amide bonds. The van der Waals surface area contributed by atoms with E-state index in [0.29, 0.717) is 6.04 Å². The number of imidazole rings is 1. The Morgan fingerprint density at radius 1 is 1.39 bits per heavy atom. The number of rotatable bonds is 5. The predicted molar refractivity (Wildman–Crippen MR) is 74.8 cm³/mol. The van der Waals surface area contributed by atoms with Gasteiger partial charge in [0.05, 0.1) is 0 Å². The van der Waals surface area contributed by atoms with Crippen molar-refractivity contribution in [3.05, 3.63) is 52.6 Å². The lowest BCUT2D eigenvalue weighted by atomic mass is 10.1. The molecule has 0 spiro atoms. The van der Waals surface area contributed by atoms with Crippen molar-refractivity contribution in [2.45, 2.75) is 32.9 Å². The molecule has 0 saturated heterocycles. The molecule has 1 aromatic heterocycles. The van der Waals surface area contributed by atoms with E-state index in [4.69, 9.17) is 11.6 Å². The van der Waals surface area contributed by atoms with E-state index in [1.54, 1.807) is 0 Å². The van der Waals surface area contributed by atoms with Crippen LogP contribution >= 0.6 is 11.6 Å². The van der Waals surface area contributed by atoms with Crippen LogP contribution in [0.4, 0.5) is 0 Å². The van der Waals surface area contributed by atoms with Gasteiger partial charge in [0, 0.05) is 35.9 Å². The summed E-state index contributed by atoms with van der Waals surface area (Å²) >= 11 is 5.96.